The highest BCUT2D eigenvalue weighted by Crippen LogP contribution is 2.32. The lowest BCUT2D eigenvalue weighted by molar-refractivity contribution is -0.0511. The van der Waals surface area contributed by atoms with Crippen LogP contribution in [0.25, 0.3) is 11.2 Å². The molecule has 3 rings (SSSR count). The maximum absolute atomic E-state index is 11.8. The first-order chi connectivity index (χ1) is 10.7. The Balaban J connectivity index is 2.16. The second-order valence-electron chi connectivity index (χ2n) is 5.21. The van der Waals surface area contributed by atoms with Gasteiger partial charge in [-0.05, 0) is 0 Å². The minimum atomic E-state index is -3.70. The Morgan fingerprint density at radius 2 is 2.04 bits per heavy atom. The van der Waals surface area contributed by atoms with Crippen LogP contribution in [0.15, 0.2) is 11.4 Å². The second-order valence-corrected chi connectivity index (χ2v) is 7.14. The lowest BCUT2D eigenvalue weighted by Crippen LogP contribution is -2.33. The summed E-state index contributed by atoms with van der Waals surface area (Å²) in [5, 5.41) is 28.7. The van der Waals surface area contributed by atoms with Crippen molar-refractivity contribution < 1.29 is 28.5 Å². The largest absolute Gasteiger partial charge is 0.394 e. The normalized spacial score (nSPS) is 28.5. The number of hydrogen-bond donors (Lipinski definition) is 4. The Kier molecular flexibility index (Phi) is 3.72. The van der Waals surface area contributed by atoms with Crippen LogP contribution in [0, 0.1) is 0 Å². The summed E-state index contributed by atoms with van der Waals surface area (Å²) in [6, 6.07) is 0. The quantitative estimate of drug-likeness (QED) is 0.433. The van der Waals surface area contributed by atoms with Crippen molar-refractivity contribution >= 4 is 26.9 Å². The van der Waals surface area contributed by atoms with Gasteiger partial charge in [0.05, 0.1) is 12.9 Å². The van der Waals surface area contributed by atoms with Crippen LogP contribution in [0.2, 0.25) is 0 Å². The summed E-state index contributed by atoms with van der Waals surface area (Å²) < 4.78 is 30.2. The Labute approximate surface area is 130 Å². The van der Waals surface area contributed by atoms with Gasteiger partial charge in [-0.3, -0.25) is 4.57 Å². The first kappa shape index (κ1) is 16.0. The van der Waals surface area contributed by atoms with E-state index >= 15 is 0 Å². The third-order valence-corrected chi connectivity index (χ3v) is 4.54. The molecule has 0 amide bonds. The van der Waals surface area contributed by atoms with Crippen molar-refractivity contribution in [1.29, 1.82) is 0 Å². The van der Waals surface area contributed by atoms with E-state index in [4.69, 9.17) is 15.6 Å². The Hall–Kier alpha value is -1.86. The molecule has 2 aromatic heterocycles. The summed E-state index contributed by atoms with van der Waals surface area (Å²) in [6.07, 6.45) is -2.60. The third kappa shape index (κ3) is 2.53. The van der Waals surface area contributed by atoms with Crippen LogP contribution in [-0.4, -0.2) is 74.4 Å². The fraction of sp³-hybridized carbons (Fsp3) is 0.545. The van der Waals surface area contributed by atoms with Gasteiger partial charge in [-0.25, -0.2) is 13.4 Å². The van der Waals surface area contributed by atoms with Crippen LogP contribution < -0.4 is 5.73 Å². The third-order valence-electron chi connectivity index (χ3n) is 3.55. The number of nitrogens with zero attached hydrogens (tertiary/aromatic N) is 4. The van der Waals surface area contributed by atoms with E-state index < -0.39 is 41.0 Å². The minimum Gasteiger partial charge on any atom is -0.394 e. The van der Waals surface area contributed by atoms with Crippen LogP contribution in [-0.2, 0) is 14.6 Å². The smallest absolute Gasteiger partial charge is 0.223 e. The minimum absolute atomic E-state index is 0.0283. The molecule has 0 bridgehead atoms. The molecule has 23 heavy (non-hydrogen) atoms. The Bertz CT molecular complexity index is 852. The molecule has 12 heteroatoms. The number of nitrogen functional groups attached to an aromatic ring is 1. The first-order valence-electron chi connectivity index (χ1n) is 6.56. The van der Waals surface area contributed by atoms with E-state index in [1.807, 2.05) is 0 Å². The molecule has 0 spiro atoms. The molecule has 126 valence electrons. The van der Waals surface area contributed by atoms with Crippen molar-refractivity contribution in [2.45, 2.75) is 29.6 Å². The molecule has 1 aliphatic heterocycles. The number of aliphatic hydroxyl groups is 3. The molecule has 3 heterocycles. The monoisotopic (exact) mass is 345 g/mol. The van der Waals surface area contributed by atoms with Gasteiger partial charge in [0.2, 0.25) is 5.95 Å². The molecule has 4 atom stereocenters. The van der Waals surface area contributed by atoms with Gasteiger partial charge >= 0.3 is 0 Å². The van der Waals surface area contributed by atoms with Crippen molar-refractivity contribution in [2.24, 2.45) is 0 Å². The molecule has 0 unspecified atom stereocenters. The summed E-state index contributed by atoms with van der Waals surface area (Å²) in [4.78, 5) is 11.6. The van der Waals surface area contributed by atoms with Gasteiger partial charge < -0.3 is 25.8 Å². The number of sulfone groups is 1. The fourth-order valence-electron chi connectivity index (χ4n) is 2.46. The van der Waals surface area contributed by atoms with Gasteiger partial charge in [-0.2, -0.15) is 9.97 Å². The van der Waals surface area contributed by atoms with Crippen molar-refractivity contribution in [3.8, 4) is 0 Å². The summed E-state index contributed by atoms with van der Waals surface area (Å²) >= 11 is 0. The summed E-state index contributed by atoms with van der Waals surface area (Å²) in [5.41, 5.74) is 5.55. The van der Waals surface area contributed by atoms with Crippen LogP contribution in [0.4, 0.5) is 5.95 Å². The van der Waals surface area contributed by atoms with E-state index in [-0.39, 0.29) is 22.1 Å². The van der Waals surface area contributed by atoms with Crippen molar-refractivity contribution in [3.05, 3.63) is 6.33 Å². The predicted molar refractivity (Wildman–Crippen MR) is 75.9 cm³/mol. The average Bonchev–Trinajstić information content (AvgIpc) is 3.00. The molecular formula is C11H15N5O6S. The van der Waals surface area contributed by atoms with E-state index in [1.54, 1.807) is 0 Å². The van der Waals surface area contributed by atoms with Gasteiger partial charge in [-0.15, -0.1) is 0 Å². The second kappa shape index (κ2) is 5.35. The SMILES string of the molecule is CS(=O)(=O)c1nc(N)nc2c1ncn2[C@@H]1O[C@H](CO)[C@@H](O)[C@H]1O. The highest BCUT2D eigenvalue weighted by atomic mass is 32.2. The van der Waals surface area contributed by atoms with Gasteiger partial charge in [0, 0.05) is 6.26 Å². The van der Waals surface area contributed by atoms with Crippen LogP contribution in [0.5, 0.6) is 0 Å². The Morgan fingerprint density at radius 1 is 1.35 bits per heavy atom. The van der Waals surface area contributed by atoms with Gasteiger partial charge in [0.1, 0.15) is 23.8 Å². The molecule has 1 fully saturated rings. The highest BCUT2D eigenvalue weighted by Gasteiger charge is 2.44. The maximum atomic E-state index is 11.8. The first-order valence-corrected chi connectivity index (χ1v) is 8.45. The van der Waals surface area contributed by atoms with E-state index in [9.17, 15) is 18.6 Å². The van der Waals surface area contributed by atoms with Crippen molar-refractivity contribution in [3.63, 3.8) is 0 Å². The number of nitrogens with two attached hydrogens (primary N) is 1. The van der Waals surface area contributed by atoms with Crippen molar-refractivity contribution in [1.82, 2.24) is 19.5 Å². The molecule has 1 aliphatic rings. The summed E-state index contributed by atoms with van der Waals surface area (Å²) in [5.74, 6) is -0.286. The van der Waals surface area contributed by atoms with E-state index in [0.29, 0.717) is 0 Å². The number of aliphatic hydroxyl groups excluding tert-OH is 3. The van der Waals surface area contributed by atoms with Gasteiger partial charge in [0.25, 0.3) is 0 Å². The molecule has 5 N–H and O–H groups in total. The molecule has 2 aromatic rings. The standard InChI is InChI=1S/C11H15N5O6S/c1-23(20,21)9-5-8(14-11(12)15-9)16(3-13-5)10-7(19)6(18)4(2-17)22-10/h3-4,6-7,10,17-19H,2H2,1H3,(H2,12,14,15)/t4-,6-,7-,10-/m1/s1. The molecule has 0 aromatic carbocycles. The van der Waals surface area contributed by atoms with Crippen LogP contribution in [0.3, 0.4) is 0 Å². The van der Waals surface area contributed by atoms with E-state index in [0.717, 1.165) is 6.26 Å². The molecule has 0 radical (unpaired) electrons. The lowest BCUT2D eigenvalue weighted by Gasteiger charge is -2.16. The predicted octanol–water partition coefficient (Wildman–Crippen LogP) is -2.58. The van der Waals surface area contributed by atoms with Gasteiger partial charge in [-0.1, -0.05) is 0 Å². The maximum Gasteiger partial charge on any atom is 0.223 e. The number of imidazole rings is 1. The zero-order valence-electron chi connectivity index (χ0n) is 11.9. The fourth-order valence-corrected chi connectivity index (χ4v) is 3.22. The Morgan fingerprint density at radius 3 is 2.61 bits per heavy atom. The molecule has 11 nitrogen and oxygen atoms in total. The number of hydrogen-bond acceptors (Lipinski definition) is 10. The topological polar surface area (TPSA) is 174 Å². The zero-order chi connectivity index (χ0) is 16.9. The summed E-state index contributed by atoms with van der Waals surface area (Å²) in [7, 11) is -3.70. The van der Waals surface area contributed by atoms with E-state index in [2.05, 4.69) is 15.0 Å². The molecule has 0 aliphatic carbocycles. The molecule has 0 saturated carbocycles. The number of ether oxygens (including phenoxy) is 1. The number of rotatable bonds is 3. The van der Waals surface area contributed by atoms with E-state index in [1.165, 1.54) is 10.9 Å². The van der Waals surface area contributed by atoms with Gasteiger partial charge in [0.15, 0.2) is 26.7 Å². The number of aromatic nitrogens is 4. The molecule has 1 saturated heterocycles. The number of fused-ring (bicyclic) bond motifs is 1. The number of anilines is 1. The average molecular weight is 345 g/mol. The molecular weight excluding hydrogens is 330 g/mol. The lowest BCUT2D eigenvalue weighted by atomic mass is 10.1. The van der Waals surface area contributed by atoms with Crippen LogP contribution in [0.1, 0.15) is 6.23 Å². The summed E-state index contributed by atoms with van der Waals surface area (Å²) in [6.45, 7) is -0.493. The van der Waals surface area contributed by atoms with Crippen LogP contribution >= 0.6 is 0 Å². The van der Waals surface area contributed by atoms with Crippen molar-refractivity contribution in [2.75, 3.05) is 18.6 Å². The highest BCUT2D eigenvalue weighted by molar-refractivity contribution is 7.90. The zero-order valence-corrected chi connectivity index (χ0v) is 12.8.